The molecule has 0 fully saturated rings. The van der Waals surface area contributed by atoms with Crippen LogP contribution < -0.4 is 0 Å². The van der Waals surface area contributed by atoms with E-state index in [0.29, 0.717) is 11.1 Å². The van der Waals surface area contributed by atoms with Gasteiger partial charge in [-0.2, -0.15) is 0 Å². The molecule has 0 atom stereocenters. The quantitative estimate of drug-likeness (QED) is 0.526. The molecule has 2 aromatic carbocycles. The second-order valence-electron chi connectivity index (χ2n) is 3.70. The summed E-state index contributed by atoms with van der Waals surface area (Å²) in [7, 11) is 0. The lowest BCUT2D eigenvalue weighted by Crippen LogP contribution is -1.79. The SMILES string of the molecule is CC.Cc1cc2c(cc1F)oc1ccccc12. The number of halogens is 1. The van der Waals surface area contributed by atoms with E-state index in [1.807, 2.05) is 44.2 Å². The van der Waals surface area contributed by atoms with Gasteiger partial charge in [-0.3, -0.25) is 0 Å². The summed E-state index contributed by atoms with van der Waals surface area (Å²) in [5.74, 6) is -0.221. The second kappa shape index (κ2) is 4.58. The number of para-hydroxylation sites is 1. The first-order chi connectivity index (χ1) is 8.25. The third-order valence-corrected chi connectivity index (χ3v) is 2.66. The van der Waals surface area contributed by atoms with Gasteiger partial charge in [-0.15, -0.1) is 0 Å². The third kappa shape index (κ3) is 1.91. The zero-order valence-electron chi connectivity index (χ0n) is 10.3. The van der Waals surface area contributed by atoms with E-state index in [4.69, 9.17) is 4.42 Å². The second-order valence-corrected chi connectivity index (χ2v) is 3.70. The lowest BCUT2D eigenvalue weighted by Gasteiger charge is -1.94. The van der Waals surface area contributed by atoms with Crippen LogP contribution in [-0.4, -0.2) is 0 Å². The van der Waals surface area contributed by atoms with Crippen LogP contribution in [0.25, 0.3) is 21.9 Å². The maximum Gasteiger partial charge on any atom is 0.138 e. The van der Waals surface area contributed by atoms with Crippen LogP contribution in [0.2, 0.25) is 0 Å². The van der Waals surface area contributed by atoms with Crippen LogP contribution in [0.5, 0.6) is 0 Å². The maximum atomic E-state index is 13.3. The van der Waals surface area contributed by atoms with Crippen LogP contribution in [0.1, 0.15) is 19.4 Å². The van der Waals surface area contributed by atoms with E-state index in [2.05, 4.69) is 0 Å². The van der Waals surface area contributed by atoms with Crippen molar-refractivity contribution >= 4 is 21.9 Å². The molecule has 2 heteroatoms. The molecule has 1 nitrogen and oxygen atoms in total. The minimum absolute atomic E-state index is 0.221. The number of rotatable bonds is 0. The highest BCUT2D eigenvalue weighted by Gasteiger charge is 2.08. The standard InChI is InChI=1S/C13H9FO.C2H6/c1-8-6-10-9-4-2-3-5-12(9)15-13(10)7-11(8)14;1-2/h2-7H,1H3;1-2H3. The Labute approximate surface area is 99.9 Å². The van der Waals surface area contributed by atoms with Gasteiger partial charge in [0, 0.05) is 16.8 Å². The summed E-state index contributed by atoms with van der Waals surface area (Å²) < 4.78 is 18.9. The predicted octanol–water partition coefficient (Wildman–Crippen LogP) is 5.06. The molecular formula is C15H15FO. The highest BCUT2D eigenvalue weighted by molar-refractivity contribution is 6.04. The van der Waals surface area contributed by atoms with Crippen molar-refractivity contribution in [3.8, 4) is 0 Å². The van der Waals surface area contributed by atoms with E-state index in [-0.39, 0.29) is 5.82 Å². The van der Waals surface area contributed by atoms with Gasteiger partial charge in [-0.1, -0.05) is 32.0 Å². The number of hydrogen-bond acceptors (Lipinski definition) is 1. The van der Waals surface area contributed by atoms with Crippen molar-refractivity contribution in [1.29, 1.82) is 0 Å². The lowest BCUT2D eigenvalue weighted by molar-refractivity contribution is 0.610. The molecule has 0 saturated carbocycles. The molecule has 0 aliphatic rings. The Kier molecular flexibility index (Phi) is 3.14. The van der Waals surface area contributed by atoms with Crippen molar-refractivity contribution in [3.63, 3.8) is 0 Å². The topological polar surface area (TPSA) is 13.1 Å². The molecule has 0 N–H and O–H groups in total. The molecular weight excluding hydrogens is 215 g/mol. The van der Waals surface area contributed by atoms with Crippen LogP contribution in [-0.2, 0) is 0 Å². The first-order valence-electron chi connectivity index (χ1n) is 5.83. The van der Waals surface area contributed by atoms with E-state index in [1.54, 1.807) is 6.92 Å². The van der Waals surface area contributed by atoms with E-state index in [9.17, 15) is 4.39 Å². The van der Waals surface area contributed by atoms with Crippen molar-refractivity contribution < 1.29 is 8.81 Å². The fourth-order valence-electron chi connectivity index (χ4n) is 1.85. The Morgan fingerprint density at radius 1 is 0.941 bits per heavy atom. The van der Waals surface area contributed by atoms with Gasteiger partial charge in [-0.05, 0) is 24.6 Å². The van der Waals surface area contributed by atoms with Crippen molar-refractivity contribution in [2.45, 2.75) is 20.8 Å². The van der Waals surface area contributed by atoms with Crippen LogP contribution in [0.4, 0.5) is 4.39 Å². The summed E-state index contributed by atoms with van der Waals surface area (Å²) in [6, 6.07) is 11.0. The zero-order valence-corrected chi connectivity index (χ0v) is 10.3. The zero-order chi connectivity index (χ0) is 12.4. The summed E-state index contributed by atoms with van der Waals surface area (Å²) in [5, 5.41) is 2.01. The van der Waals surface area contributed by atoms with Gasteiger partial charge in [0.15, 0.2) is 0 Å². The van der Waals surface area contributed by atoms with Crippen LogP contribution in [0, 0.1) is 12.7 Å². The number of fused-ring (bicyclic) bond motifs is 3. The maximum absolute atomic E-state index is 13.3. The van der Waals surface area contributed by atoms with Gasteiger partial charge >= 0.3 is 0 Å². The monoisotopic (exact) mass is 230 g/mol. The molecule has 0 aliphatic carbocycles. The minimum atomic E-state index is -0.221. The van der Waals surface area contributed by atoms with Gasteiger partial charge in [0.2, 0.25) is 0 Å². The minimum Gasteiger partial charge on any atom is -0.456 e. The molecule has 0 unspecified atom stereocenters. The lowest BCUT2D eigenvalue weighted by atomic mass is 10.1. The van der Waals surface area contributed by atoms with Gasteiger partial charge in [0.05, 0.1) is 0 Å². The molecule has 0 amide bonds. The summed E-state index contributed by atoms with van der Waals surface area (Å²) in [6.45, 7) is 5.76. The van der Waals surface area contributed by atoms with Crippen LogP contribution >= 0.6 is 0 Å². The Morgan fingerprint density at radius 2 is 1.65 bits per heavy atom. The molecule has 17 heavy (non-hydrogen) atoms. The van der Waals surface area contributed by atoms with Gasteiger partial charge in [0.25, 0.3) is 0 Å². The highest BCUT2D eigenvalue weighted by Crippen LogP contribution is 2.29. The summed E-state index contributed by atoms with van der Waals surface area (Å²) in [4.78, 5) is 0. The van der Waals surface area contributed by atoms with Gasteiger partial charge in [0.1, 0.15) is 17.0 Å². The first kappa shape index (κ1) is 11.6. The molecule has 3 rings (SSSR count). The molecule has 3 aromatic rings. The fourth-order valence-corrected chi connectivity index (χ4v) is 1.85. The van der Waals surface area contributed by atoms with Gasteiger partial charge < -0.3 is 4.42 Å². The van der Waals surface area contributed by atoms with Gasteiger partial charge in [-0.25, -0.2) is 4.39 Å². The van der Waals surface area contributed by atoms with Crippen molar-refractivity contribution in [2.24, 2.45) is 0 Å². The van der Waals surface area contributed by atoms with Crippen LogP contribution in [0.3, 0.4) is 0 Å². The largest absolute Gasteiger partial charge is 0.456 e. The average molecular weight is 230 g/mol. The van der Waals surface area contributed by atoms with E-state index in [0.717, 1.165) is 16.4 Å². The molecule has 0 spiro atoms. The van der Waals surface area contributed by atoms with E-state index in [1.165, 1.54) is 6.07 Å². The molecule has 0 radical (unpaired) electrons. The molecule has 88 valence electrons. The Bertz CT molecular complexity index is 652. The average Bonchev–Trinajstić information content (AvgIpc) is 2.70. The number of hydrogen-bond donors (Lipinski definition) is 0. The normalized spacial score (nSPS) is 10.4. The Hall–Kier alpha value is -1.83. The van der Waals surface area contributed by atoms with Crippen LogP contribution in [0.15, 0.2) is 40.8 Å². The van der Waals surface area contributed by atoms with E-state index >= 15 is 0 Å². The van der Waals surface area contributed by atoms with E-state index < -0.39 is 0 Å². The summed E-state index contributed by atoms with van der Waals surface area (Å²) in [6.07, 6.45) is 0. The number of aryl methyl sites for hydroxylation is 1. The van der Waals surface area contributed by atoms with Crippen molar-refractivity contribution in [2.75, 3.05) is 0 Å². The van der Waals surface area contributed by atoms with Crippen molar-refractivity contribution in [1.82, 2.24) is 0 Å². The first-order valence-corrected chi connectivity index (χ1v) is 5.83. The number of benzene rings is 2. The number of furan rings is 1. The molecule has 1 heterocycles. The Morgan fingerprint density at radius 3 is 2.41 bits per heavy atom. The molecule has 0 saturated heterocycles. The third-order valence-electron chi connectivity index (χ3n) is 2.66. The highest BCUT2D eigenvalue weighted by atomic mass is 19.1. The fraction of sp³-hybridized carbons (Fsp3) is 0.200. The summed E-state index contributed by atoms with van der Waals surface area (Å²) in [5.41, 5.74) is 2.06. The predicted molar refractivity (Wildman–Crippen MR) is 69.8 cm³/mol. The summed E-state index contributed by atoms with van der Waals surface area (Å²) >= 11 is 0. The smallest absolute Gasteiger partial charge is 0.138 e. The van der Waals surface area contributed by atoms with Crippen molar-refractivity contribution in [3.05, 3.63) is 47.8 Å². The molecule has 1 aromatic heterocycles. The Balaban J connectivity index is 0.000000514. The molecule has 0 bridgehead atoms. The molecule has 0 aliphatic heterocycles.